The van der Waals surface area contributed by atoms with E-state index in [4.69, 9.17) is 15.2 Å². The molecule has 0 saturated carbocycles. The Hall–Kier alpha value is -3.51. The van der Waals surface area contributed by atoms with Crippen molar-refractivity contribution in [2.75, 3.05) is 24.2 Å². The SMILES string of the molecule is Cc1ccc(-c2c(C)c(-c3ccc4c(c3C)NCCO4)c(C(OC(C)(C)C)C(=O)O)c(C)c2N)cc1C. The molecule has 3 aromatic rings. The molecule has 1 aliphatic rings. The minimum atomic E-state index is -1.19. The second kappa shape index (κ2) is 9.75. The largest absolute Gasteiger partial charge is 0.490 e. The van der Waals surface area contributed by atoms with E-state index < -0.39 is 17.7 Å². The molecule has 4 N–H and O–H groups in total. The number of benzene rings is 3. The molecule has 1 atom stereocenters. The van der Waals surface area contributed by atoms with Crippen LogP contribution in [0.1, 0.15) is 60.3 Å². The lowest BCUT2D eigenvalue weighted by Crippen LogP contribution is -2.29. The first-order valence-corrected chi connectivity index (χ1v) is 12.7. The Morgan fingerprint density at radius 2 is 1.70 bits per heavy atom. The van der Waals surface area contributed by atoms with E-state index in [0.29, 0.717) is 30.0 Å². The van der Waals surface area contributed by atoms with Gasteiger partial charge in [-0.3, -0.25) is 0 Å². The first-order chi connectivity index (χ1) is 17.3. The van der Waals surface area contributed by atoms with E-state index in [1.165, 1.54) is 11.1 Å². The fourth-order valence-electron chi connectivity index (χ4n) is 5.21. The number of carbonyl (C=O) groups is 1. The van der Waals surface area contributed by atoms with Crippen molar-refractivity contribution in [2.45, 2.75) is 67.1 Å². The van der Waals surface area contributed by atoms with Crippen molar-refractivity contribution in [2.24, 2.45) is 0 Å². The van der Waals surface area contributed by atoms with Crippen molar-refractivity contribution in [3.05, 3.63) is 63.7 Å². The minimum Gasteiger partial charge on any atom is -0.490 e. The maximum Gasteiger partial charge on any atom is 0.337 e. The molecular formula is C31H38N2O4. The van der Waals surface area contributed by atoms with E-state index in [9.17, 15) is 9.90 Å². The summed E-state index contributed by atoms with van der Waals surface area (Å²) in [4.78, 5) is 12.7. The Kier molecular flexibility index (Phi) is 6.99. The van der Waals surface area contributed by atoms with Crippen LogP contribution in [0.15, 0.2) is 30.3 Å². The first-order valence-electron chi connectivity index (χ1n) is 12.7. The van der Waals surface area contributed by atoms with Gasteiger partial charge in [-0.25, -0.2) is 4.79 Å². The number of nitrogen functional groups attached to an aromatic ring is 1. The zero-order valence-electron chi connectivity index (χ0n) is 23.1. The van der Waals surface area contributed by atoms with E-state index >= 15 is 0 Å². The number of aliphatic carboxylic acids is 1. The van der Waals surface area contributed by atoms with Crippen molar-refractivity contribution in [3.63, 3.8) is 0 Å². The lowest BCUT2D eigenvalue weighted by molar-refractivity contribution is -0.160. The van der Waals surface area contributed by atoms with Gasteiger partial charge in [0.15, 0.2) is 6.10 Å². The third-order valence-electron chi connectivity index (χ3n) is 7.21. The molecule has 37 heavy (non-hydrogen) atoms. The quantitative estimate of drug-likeness (QED) is 0.329. The van der Waals surface area contributed by atoms with Crippen LogP contribution in [0.2, 0.25) is 0 Å². The highest BCUT2D eigenvalue weighted by atomic mass is 16.5. The number of fused-ring (bicyclic) bond motifs is 1. The molecule has 196 valence electrons. The second-order valence-corrected chi connectivity index (χ2v) is 11.0. The first kappa shape index (κ1) is 26.6. The van der Waals surface area contributed by atoms with E-state index in [2.05, 4.69) is 37.4 Å². The van der Waals surface area contributed by atoms with Crippen LogP contribution in [-0.4, -0.2) is 29.8 Å². The maximum absolute atomic E-state index is 12.7. The molecule has 0 fully saturated rings. The average Bonchev–Trinajstić information content (AvgIpc) is 2.82. The van der Waals surface area contributed by atoms with Crippen molar-refractivity contribution in [1.82, 2.24) is 0 Å². The van der Waals surface area contributed by atoms with Crippen LogP contribution in [-0.2, 0) is 9.53 Å². The predicted octanol–water partition coefficient (Wildman–Crippen LogP) is 6.89. The summed E-state index contributed by atoms with van der Waals surface area (Å²) >= 11 is 0. The Morgan fingerprint density at radius 1 is 1.00 bits per heavy atom. The van der Waals surface area contributed by atoms with Crippen molar-refractivity contribution in [3.8, 4) is 28.0 Å². The fraction of sp³-hybridized carbons (Fsp3) is 0.387. The number of ether oxygens (including phenoxy) is 2. The zero-order valence-corrected chi connectivity index (χ0v) is 23.1. The summed E-state index contributed by atoms with van der Waals surface area (Å²) in [6, 6.07) is 10.3. The van der Waals surface area contributed by atoms with Crippen LogP contribution >= 0.6 is 0 Å². The Bertz CT molecular complexity index is 1390. The molecular weight excluding hydrogens is 464 g/mol. The highest BCUT2D eigenvalue weighted by Crippen LogP contribution is 2.48. The number of rotatable bonds is 5. The molecule has 0 aromatic heterocycles. The minimum absolute atomic E-state index is 0.570. The molecule has 6 heteroatoms. The van der Waals surface area contributed by atoms with Crippen LogP contribution in [0.3, 0.4) is 0 Å². The summed E-state index contributed by atoms with van der Waals surface area (Å²) in [7, 11) is 0. The number of nitrogens with one attached hydrogen (secondary N) is 1. The molecule has 0 saturated heterocycles. The molecule has 1 unspecified atom stereocenters. The molecule has 3 aromatic carbocycles. The number of anilines is 2. The topological polar surface area (TPSA) is 93.8 Å². The third kappa shape index (κ3) is 4.90. The van der Waals surface area contributed by atoms with Crippen LogP contribution in [0.5, 0.6) is 5.75 Å². The van der Waals surface area contributed by atoms with E-state index in [0.717, 1.165) is 44.8 Å². The smallest absolute Gasteiger partial charge is 0.337 e. The number of aryl methyl sites for hydroxylation is 2. The monoisotopic (exact) mass is 502 g/mol. The van der Waals surface area contributed by atoms with Gasteiger partial charge in [-0.1, -0.05) is 24.3 Å². The summed E-state index contributed by atoms with van der Waals surface area (Å²) in [5, 5.41) is 13.8. The molecule has 4 rings (SSSR count). The van der Waals surface area contributed by atoms with E-state index in [-0.39, 0.29) is 0 Å². The van der Waals surface area contributed by atoms with Crippen LogP contribution in [0.4, 0.5) is 11.4 Å². The van der Waals surface area contributed by atoms with Gasteiger partial charge in [0.2, 0.25) is 0 Å². The van der Waals surface area contributed by atoms with Gasteiger partial charge in [0.25, 0.3) is 0 Å². The molecule has 0 amide bonds. The van der Waals surface area contributed by atoms with Gasteiger partial charge in [-0.15, -0.1) is 0 Å². The molecule has 0 radical (unpaired) electrons. The van der Waals surface area contributed by atoms with Crippen molar-refractivity contribution in [1.29, 1.82) is 0 Å². The van der Waals surface area contributed by atoms with Crippen LogP contribution in [0, 0.1) is 34.6 Å². The zero-order chi connectivity index (χ0) is 27.2. The Balaban J connectivity index is 2.12. The third-order valence-corrected chi connectivity index (χ3v) is 7.21. The normalized spacial score (nSPS) is 13.9. The fourth-order valence-corrected chi connectivity index (χ4v) is 5.21. The Labute approximate surface area is 219 Å². The number of nitrogens with two attached hydrogens (primary N) is 1. The van der Waals surface area contributed by atoms with Crippen molar-refractivity contribution < 1.29 is 19.4 Å². The number of hydrogen-bond acceptors (Lipinski definition) is 5. The molecule has 0 spiro atoms. The van der Waals surface area contributed by atoms with Gasteiger partial charge in [-0.05, 0) is 106 Å². The molecule has 6 nitrogen and oxygen atoms in total. The average molecular weight is 503 g/mol. The van der Waals surface area contributed by atoms with Gasteiger partial charge < -0.3 is 25.6 Å². The Morgan fingerprint density at radius 3 is 2.32 bits per heavy atom. The second-order valence-electron chi connectivity index (χ2n) is 11.0. The molecule has 0 bridgehead atoms. The lowest BCUT2D eigenvalue weighted by Gasteiger charge is -2.31. The van der Waals surface area contributed by atoms with Gasteiger partial charge in [0.05, 0.1) is 11.3 Å². The molecule has 1 aliphatic heterocycles. The lowest BCUT2D eigenvalue weighted by atomic mass is 9.81. The summed E-state index contributed by atoms with van der Waals surface area (Å²) < 4.78 is 12.0. The van der Waals surface area contributed by atoms with E-state index in [1.54, 1.807) is 0 Å². The van der Waals surface area contributed by atoms with Gasteiger partial charge in [-0.2, -0.15) is 0 Å². The van der Waals surface area contributed by atoms with Gasteiger partial charge in [0, 0.05) is 23.4 Å². The van der Waals surface area contributed by atoms with Gasteiger partial charge in [0.1, 0.15) is 12.4 Å². The van der Waals surface area contributed by atoms with Crippen LogP contribution < -0.4 is 15.8 Å². The standard InChI is InChI=1S/C31H38N2O4/c1-16-9-10-21(15-17(16)2)24-19(4)25(22-11-12-23-28(18(22)3)33-13-14-36-23)26(20(5)27(24)32)29(30(34)35)37-31(6,7)8/h9-12,15,29,33H,13-14,32H2,1-8H3,(H,34,35). The van der Waals surface area contributed by atoms with E-state index in [1.807, 2.05) is 53.7 Å². The number of carboxylic acid groups (broad SMARTS) is 1. The summed E-state index contributed by atoms with van der Waals surface area (Å²) in [5.74, 6) is -0.247. The molecule has 0 aliphatic carbocycles. The summed E-state index contributed by atoms with van der Waals surface area (Å²) in [5.41, 5.74) is 16.9. The predicted molar refractivity (Wildman–Crippen MR) is 151 cm³/mol. The molecule has 1 heterocycles. The van der Waals surface area contributed by atoms with Gasteiger partial charge >= 0.3 is 5.97 Å². The highest BCUT2D eigenvalue weighted by Gasteiger charge is 2.34. The van der Waals surface area contributed by atoms with Crippen LogP contribution in [0.25, 0.3) is 22.3 Å². The highest BCUT2D eigenvalue weighted by molar-refractivity contribution is 5.95. The maximum atomic E-state index is 12.7. The number of hydrogen-bond donors (Lipinski definition) is 3. The number of carboxylic acids is 1. The summed E-state index contributed by atoms with van der Waals surface area (Å²) in [6.07, 6.45) is -1.19. The summed E-state index contributed by atoms with van der Waals surface area (Å²) in [6.45, 7) is 17.0. The van der Waals surface area contributed by atoms with Crippen molar-refractivity contribution >= 4 is 17.3 Å².